The highest BCUT2D eigenvalue weighted by Crippen LogP contribution is 2.64. The zero-order valence-electron chi connectivity index (χ0n) is 17.0. The standard InChI is InChI=1S/C21H30N2O4S/c1-20(2)16-8-9-21(20,19(24)14-16)15-28(25,26)23-12-10-22(11-13-23)17-6-4-5-7-18(17)27-3/h4-7,16H,8-15H2,1-3H3/t16-,21-/m1/s1. The summed E-state index contributed by atoms with van der Waals surface area (Å²) >= 11 is 0. The van der Waals surface area contributed by atoms with Crippen molar-refractivity contribution in [3.63, 3.8) is 0 Å². The Hall–Kier alpha value is -1.60. The van der Waals surface area contributed by atoms with Gasteiger partial charge < -0.3 is 9.64 Å². The summed E-state index contributed by atoms with van der Waals surface area (Å²) in [6.45, 7) is 6.29. The number of ether oxygens (including phenoxy) is 1. The second kappa shape index (κ2) is 6.73. The Bertz CT molecular complexity index is 874. The summed E-state index contributed by atoms with van der Waals surface area (Å²) in [5, 5.41) is 0. The lowest BCUT2D eigenvalue weighted by molar-refractivity contribution is -0.128. The Morgan fingerprint density at radius 1 is 1.14 bits per heavy atom. The van der Waals surface area contributed by atoms with Gasteiger partial charge in [-0.3, -0.25) is 4.79 Å². The molecule has 154 valence electrons. The van der Waals surface area contributed by atoms with E-state index in [0.29, 0.717) is 44.9 Å². The van der Waals surface area contributed by atoms with Crippen LogP contribution in [0.5, 0.6) is 5.75 Å². The van der Waals surface area contributed by atoms with Crippen molar-refractivity contribution >= 4 is 21.5 Å². The number of carbonyl (C=O) groups is 1. The van der Waals surface area contributed by atoms with Crippen molar-refractivity contribution in [1.82, 2.24) is 4.31 Å². The van der Waals surface area contributed by atoms with Gasteiger partial charge >= 0.3 is 0 Å². The maximum absolute atomic E-state index is 13.3. The third kappa shape index (κ3) is 2.86. The van der Waals surface area contributed by atoms with Crippen molar-refractivity contribution in [3.05, 3.63) is 24.3 Å². The molecule has 3 aliphatic rings. The molecule has 0 N–H and O–H groups in total. The molecule has 0 amide bonds. The lowest BCUT2D eigenvalue weighted by Gasteiger charge is -2.40. The molecule has 3 fully saturated rings. The monoisotopic (exact) mass is 406 g/mol. The molecule has 28 heavy (non-hydrogen) atoms. The van der Waals surface area contributed by atoms with E-state index < -0.39 is 15.4 Å². The van der Waals surface area contributed by atoms with E-state index in [1.54, 1.807) is 11.4 Å². The Morgan fingerprint density at radius 3 is 2.39 bits per heavy atom. The minimum atomic E-state index is -3.48. The van der Waals surface area contributed by atoms with Gasteiger partial charge in [0.15, 0.2) is 0 Å². The van der Waals surface area contributed by atoms with Crippen LogP contribution in [0.1, 0.15) is 33.1 Å². The van der Waals surface area contributed by atoms with Crippen molar-refractivity contribution in [1.29, 1.82) is 0 Å². The molecule has 0 unspecified atom stereocenters. The van der Waals surface area contributed by atoms with E-state index in [1.165, 1.54) is 0 Å². The molecule has 2 saturated carbocycles. The van der Waals surface area contributed by atoms with Gasteiger partial charge in [-0.2, -0.15) is 4.31 Å². The van der Waals surface area contributed by atoms with Crippen LogP contribution < -0.4 is 9.64 Å². The van der Waals surface area contributed by atoms with E-state index in [0.717, 1.165) is 17.9 Å². The van der Waals surface area contributed by atoms with Gasteiger partial charge in [-0.05, 0) is 36.3 Å². The fourth-order valence-electron chi connectivity index (χ4n) is 5.61. The molecular weight excluding hydrogens is 376 g/mol. The van der Waals surface area contributed by atoms with E-state index in [4.69, 9.17) is 4.74 Å². The molecule has 2 atom stereocenters. The van der Waals surface area contributed by atoms with Crippen molar-refractivity contribution < 1.29 is 17.9 Å². The molecule has 1 saturated heterocycles. The molecule has 2 aliphatic carbocycles. The minimum absolute atomic E-state index is 0.0308. The normalized spacial score (nSPS) is 30.0. The largest absolute Gasteiger partial charge is 0.495 e. The number of methoxy groups -OCH3 is 1. The Kier molecular flexibility index (Phi) is 4.74. The van der Waals surface area contributed by atoms with E-state index in [9.17, 15) is 13.2 Å². The van der Waals surface area contributed by atoms with Crippen LogP contribution in [0, 0.1) is 16.7 Å². The SMILES string of the molecule is COc1ccccc1N1CCN(S(=O)(=O)C[C@]23CC[C@H](CC2=O)C3(C)C)CC1. The zero-order valence-corrected chi connectivity index (χ0v) is 17.8. The number of fused-ring (bicyclic) bond motifs is 2. The van der Waals surface area contributed by atoms with Gasteiger partial charge in [0, 0.05) is 38.0 Å². The third-order valence-electron chi connectivity index (χ3n) is 7.63. The first kappa shape index (κ1) is 19.7. The Balaban J connectivity index is 1.48. The molecule has 0 radical (unpaired) electrons. The number of sulfonamides is 1. The molecule has 1 heterocycles. The molecule has 1 aliphatic heterocycles. The van der Waals surface area contributed by atoms with Gasteiger partial charge in [0.05, 0.1) is 18.6 Å². The molecular formula is C21H30N2O4S. The summed E-state index contributed by atoms with van der Waals surface area (Å²) in [5.74, 6) is 1.26. The number of benzene rings is 1. The number of anilines is 1. The van der Waals surface area contributed by atoms with Crippen LogP contribution in [0.3, 0.4) is 0 Å². The smallest absolute Gasteiger partial charge is 0.215 e. The molecule has 2 bridgehead atoms. The summed E-state index contributed by atoms with van der Waals surface area (Å²) in [6.07, 6.45) is 2.23. The molecule has 1 aromatic rings. The van der Waals surface area contributed by atoms with Gasteiger partial charge in [0.1, 0.15) is 11.5 Å². The second-order valence-corrected chi connectivity index (χ2v) is 10.9. The van der Waals surface area contributed by atoms with Crippen LogP contribution in [0.15, 0.2) is 24.3 Å². The number of piperazine rings is 1. The van der Waals surface area contributed by atoms with Crippen LogP contribution >= 0.6 is 0 Å². The van der Waals surface area contributed by atoms with Crippen LogP contribution in [-0.2, 0) is 14.8 Å². The number of Topliss-reactive ketones (excluding diaryl/α,β-unsaturated/α-hetero) is 1. The van der Waals surface area contributed by atoms with Gasteiger partial charge in [0.25, 0.3) is 0 Å². The van der Waals surface area contributed by atoms with Gasteiger partial charge in [-0.1, -0.05) is 26.0 Å². The summed E-state index contributed by atoms with van der Waals surface area (Å²) < 4.78 is 33.5. The fraction of sp³-hybridized carbons (Fsp3) is 0.667. The molecule has 6 nitrogen and oxygen atoms in total. The first-order valence-corrected chi connectivity index (χ1v) is 11.7. The van der Waals surface area contributed by atoms with Crippen molar-refractivity contribution in [2.24, 2.45) is 16.7 Å². The molecule has 0 spiro atoms. The second-order valence-electron chi connectivity index (χ2n) is 8.98. The topological polar surface area (TPSA) is 66.9 Å². The highest BCUT2D eigenvalue weighted by Gasteiger charge is 2.65. The third-order valence-corrected chi connectivity index (χ3v) is 9.64. The maximum atomic E-state index is 13.3. The number of rotatable bonds is 5. The summed E-state index contributed by atoms with van der Waals surface area (Å²) in [6, 6.07) is 7.81. The van der Waals surface area contributed by atoms with E-state index in [2.05, 4.69) is 18.7 Å². The van der Waals surface area contributed by atoms with E-state index >= 15 is 0 Å². The molecule has 1 aromatic carbocycles. The number of carbonyl (C=O) groups excluding carboxylic acids is 1. The van der Waals surface area contributed by atoms with Gasteiger partial charge in [-0.25, -0.2) is 8.42 Å². The van der Waals surface area contributed by atoms with Crippen LogP contribution in [-0.4, -0.2) is 57.5 Å². The first-order chi connectivity index (χ1) is 13.2. The highest BCUT2D eigenvalue weighted by molar-refractivity contribution is 7.89. The average molecular weight is 407 g/mol. The predicted octanol–water partition coefficient (Wildman–Crippen LogP) is 2.54. The van der Waals surface area contributed by atoms with Crippen molar-refractivity contribution in [2.45, 2.75) is 33.1 Å². The quantitative estimate of drug-likeness (QED) is 0.752. The lowest BCUT2D eigenvalue weighted by atomic mass is 9.70. The molecule has 4 rings (SSSR count). The molecule has 7 heteroatoms. The van der Waals surface area contributed by atoms with Crippen LogP contribution in [0.4, 0.5) is 5.69 Å². The van der Waals surface area contributed by atoms with Gasteiger partial charge in [0.2, 0.25) is 10.0 Å². The first-order valence-electron chi connectivity index (χ1n) is 10.1. The van der Waals surface area contributed by atoms with Gasteiger partial charge in [-0.15, -0.1) is 0 Å². The van der Waals surface area contributed by atoms with E-state index in [-0.39, 0.29) is 17.0 Å². The average Bonchev–Trinajstić information content (AvgIpc) is 3.02. The zero-order chi connectivity index (χ0) is 20.2. The van der Waals surface area contributed by atoms with Crippen LogP contribution in [0.2, 0.25) is 0 Å². The summed E-state index contributed by atoms with van der Waals surface area (Å²) in [7, 11) is -1.83. The number of para-hydroxylation sites is 2. The Labute approximate surface area is 167 Å². The highest BCUT2D eigenvalue weighted by atomic mass is 32.2. The van der Waals surface area contributed by atoms with Crippen molar-refractivity contribution in [3.8, 4) is 5.75 Å². The number of ketones is 1. The predicted molar refractivity (Wildman–Crippen MR) is 109 cm³/mol. The Morgan fingerprint density at radius 2 is 1.82 bits per heavy atom. The summed E-state index contributed by atoms with van der Waals surface area (Å²) in [4.78, 5) is 14.9. The lowest BCUT2D eigenvalue weighted by Crippen LogP contribution is -2.52. The summed E-state index contributed by atoms with van der Waals surface area (Å²) in [5.41, 5.74) is 0.0681. The maximum Gasteiger partial charge on any atom is 0.215 e. The van der Waals surface area contributed by atoms with Crippen molar-refractivity contribution in [2.75, 3.05) is 43.9 Å². The number of nitrogens with zero attached hydrogens (tertiary/aromatic N) is 2. The van der Waals surface area contributed by atoms with E-state index in [1.807, 2.05) is 24.3 Å². The molecule has 0 aromatic heterocycles. The fourth-order valence-corrected chi connectivity index (χ4v) is 7.81. The van der Waals surface area contributed by atoms with Crippen LogP contribution in [0.25, 0.3) is 0 Å². The number of hydrogen-bond acceptors (Lipinski definition) is 5. The number of hydrogen-bond donors (Lipinski definition) is 0. The minimum Gasteiger partial charge on any atom is -0.495 e.